The molecule has 2 atom stereocenters. The smallest absolute Gasteiger partial charge is 0.306 e. The van der Waals surface area contributed by atoms with Gasteiger partial charge in [0.05, 0.1) is 18.6 Å². The van der Waals surface area contributed by atoms with Crippen LogP contribution in [0.2, 0.25) is 0 Å². The van der Waals surface area contributed by atoms with Crippen LogP contribution in [0.15, 0.2) is 42.5 Å². The van der Waals surface area contributed by atoms with Crippen LogP contribution in [-0.4, -0.2) is 53.2 Å². The summed E-state index contributed by atoms with van der Waals surface area (Å²) in [7, 11) is 0. The van der Waals surface area contributed by atoms with Crippen molar-refractivity contribution in [1.82, 2.24) is 9.88 Å². The number of aliphatic carboxylic acids is 1. The fraction of sp³-hybridized carbons (Fsp3) is 0.538. The highest BCUT2D eigenvalue weighted by Crippen LogP contribution is 2.26. The Bertz CT molecular complexity index is 874. The van der Waals surface area contributed by atoms with E-state index in [0.717, 1.165) is 76.1 Å². The summed E-state index contributed by atoms with van der Waals surface area (Å²) in [5, 5.41) is 12.7. The molecule has 6 nitrogen and oxygen atoms in total. The molecule has 6 heteroatoms. The van der Waals surface area contributed by atoms with Crippen molar-refractivity contribution in [1.29, 1.82) is 0 Å². The van der Waals surface area contributed by atoms with Crippen LogP contribution in [0.1, 0.15) is 61.4 Å². The molecule has 0 bridgehead atoms. The number of carbonyl (C=O) groups is 1. The van der Waals surface area contributed by atoms with Gasteiger partial charge in [0.15, 0.2) is 0 Å². The van der Waals surface area contributed by atoms with E-state index in [1.165, 1.54) is 17.7 Å². The van der Waals surface area contributed by atoms with Crippen molar-refractivity contribution >= 4 is 11.8 Å². The topological polar surface area (TPSA) is 74.7 Å². The molecule has 2 aliphatic rings. The molecular weight excluding hydrogens is 402 g/mol. The molecule has 0 spiro atoms. The zero-order valence-electron chi connectivity index (χ0n) is 18.8. The molecule has 2 aromatic rings. The van der Waals surface area contributed by atoms with Crippen LogP contribution >= 0.6 is 0 Å². The number of fused-ring (bicyclic) bond motifs is 1. The third-order valence-corrected chi connectivity index (χ3v) is 6.46. The van der Waals surface area contributed by atoms with Crippen molar-refractivity contribution in [2.24, 2.45) is 0 Å². The first-order valence-corrected chi connectivity index (χ1v) is 12.0. The normalized spacial score (nSPS) is 19.7. The first-order valence-electron chi connectivity index (χ1n) is 12.0. The maximum Gasteiger partial charge on any atom is 0.306 e. The first kappa shape index (κ1) is 22.7. The Balaban J connectivity index is 1.22. The molecule has 4 rings (SSSR count). The number of benzene rings is 1. The number of carboxylic acid groups (broad SMARTS) is 1. The van der Waals surface area contributed by atoms with Gasteiger partial charge in [-0.1, -0.05) is 36.4 Å². The van der Waals surface area contributed by atoms with Crippen molar-refractivity contribution in [2.75, 3.05) is 31.5 Å². The molecule has 1 saturated heterocycles. The maximum atomic E-state index is 11.4. The highest BCUT2D eigenvalue weighted by atomic mass is 16.5. The predicted molar refractivity (Wildman–Crippen MR) is 126 cm³/mol. The van der Waals surface area contributed by atoms with Crippen molar-refractivity contribution in [3.8, 4) is 0 Å². The van der Waals surface area contributed by atoms with Gasteiger partial charge in [-0.3, -0.25) is 4.79 Å². The molecule has 0 unspecified atom stereocenters. The van der Waals surface area contributed by atoms with Crippen molar-refractivity contribution in [3.63, 3.8) is 0 Å². The van der Waals surface area contributed by atoms with Crippen LogP contribution in [0.3, 0.4) is 0 Å². The second-order valence-electron chi connectivity index (χ2n) is 9.00. The van der Waals surface area contributed by atoms with E-state index in [-0.39, 0.29) is 18.6 Å². The average Bonchev–Trinajstić information content (AvgIpc) is 2.82. The zero-order chi connectivity index (χ0) is 22.2. The van der Waals surface area contributed by atoms with Gasteiger partial charge >= 0.3 is 5.97 Å². The summed E-state index contributed by atoms with van der Waals surface area (Å²) in [6, 6.07) is 14.2. The van der Waals surface area contributed by atoms with E-state index in [9.17, 15) is 9.90 Å². The fourth-order valence-corrected chi connectivity index (χ4v) is 4.78. The van der Waals surface area contributed by atoms with Crippen molar-refractivity contribution < 1.29 is 14.6 Å². The molecule has 32 heavy (non-hydrogen) atoms. The van der Waals surface area contributed by atoms with E-state index >= 15 is 0 Å². The summed E-state index contributed by atoms with van der Waals surface area (Å²) in [4.78, 5) is 18.6. The SMILES string of the molecule is O=C(O)C[C@H](O[C@@H]1CCCN(CCCCc2ccc3c(n2)NCCC3)C1)c1ccccc1. The minimum absolute atomic E-state index is 0.00312. The molecule has 0 radical (unpaired) electrons. The number of carboxylic acids is 1. The standard InChI is InChI=1S/C26H35N3O3/c30-25(31)18-24(20-8-2-1-3-9-20)32-23-12-7-17-29(19-23)16-5-4-11-22-14-13-21-10-6-15-27-26(21)28-22/h1-3,8-9,13-14,23-24H,4-7,10-12,15-19H2,(H,27,28)(H,30,31)/t23-,24+/m1/s1. The molecule has 0 amide bonds. The van der Waals surface area contributed by atoms with Gasteiger partial charge in [0.1, 0.15) is 5.82 Å². The Morgan fingerprint density at radius 3 is 2.91 bits per heavy atom. The average molecular weight is 438 g/mol. The van der Waals surface area contributed by atoms with E-state index in [1.807, 2.05) is 30.3 Å². The van der Waals surface area contributed by atoms with Gasteiger partial charge in [-0.15, -0.1) is 0 Å². The van der Waals surface area contributed by atoms with Crippen LogP contribution in [-0.2, 0) is 22.4 Å². The largest absolute Gasteiger partial charge is 0.481 e. The minimum Gasteiger partial charge on any atom is -0.481 e. The number of hydrogen-bond acceptors (Lipinski definition) is 5. The molecule has 1 aromatic heterocycles. The number of piperidine rings is 1. The van der Waals surface area contributed by atoms with Crippen LogP contribution in [0.25, 0.3) is 0 Å². The van der Waals surface area contributed by atoms with E-state index in [4.69, 9.17) is 9.72 Å². The van der Waals surface area contributed by atoms with Crippen molar-refractivity contribution in [3.05, 3.63) is 59.3 Å². The summed E-state index contributed by atoms with van der Waals surface area (Å²) in [5.74, 6) is 0.261. The van der Waals surface area contributed by atoms with Crippen molar-refractivity contribution in [2.45, 2.75) is 63.6 Å². The van der Waals surface area contributed by atoms with Gasteiger partial charge < -0.3 is 20.1 Å². The Morgan fingerprint density at radius 2 is 2.06 bits per heavy atom. The van der Waals surface area contributed by atoms with Gasteiger partial charge in [-0.05, 0) is 75.2 Å². The number of rotatable bonds is 10. The number of aromatic nitrogens is 1. The molecule has 3 heterocycles. The highest BCUT2D eigenvalue weighted by molar-refractivity contribution is 5.67. The van der Waals surface area contributed by atoms with E-state index in [0.29, 0.717) is 0 Å². The number of unbranched alkanes of at least 4 members (excludes halogenated alkanes) is 1. The number of hydrogen-bond donors (Lipinski definition) is 2. The van der Waals surface area contributed by atoms with Gasteiger partial charge in [0.25, 0.3) is 0 Å². The van der Waals surface area contributed by atoms with E-state index in [2.05, 4.69) is 22.3 Å². The number of nitrogens with zero attached hydrogens (tertiary/aromatic N) is 2. The summed E-state index contributed by atoms with van der Waals surface area (Å²) >= 11 is 0. The molecule has 1 fully saturated rings. The Morgan fingerprint density at radius 1 is 1.19 bits per heavy atom. The lowest BCUT2D eigenvalue weighted by atomic mass is 10.0. The molecule has 0 aliphatic carbocycles. The second-order valence-corrected chi connectivity index (χ2v) is 9.00. The van der Waals surface area contributed by atoms with Gasteiger partial charge in [0, 0.05) is 18.8 Å². The molecular formula is C26H35N3O3. The number of pyridine rings is 1. The lowest BCUT2D eigenvalue weighted by Gasteiger charge is -2.34. The monoisotopic (exact) mass is 437 g/mol. The number of likely N-dealkylation sites (tertiary alicyclic amines) is 1. The fourth-order valence-electron chi connectivity index (χ4n) is 4.78. The van der Waals surface area contributed by atoms with E-state index in [1.54, 1.807) is 0 Å². The number of aryl methyl sites for hydroxylation is 2. The predicted octanol–water partition coefficient (Wildman–Crippen LogP) is 4.46. The molecule has 2 N–H and O–H groups in total. The summed E-state index contributed by atoms with van der Waals surface area (Å²) < 4.78 is 6.31. The third-order valence-electron chi connectivity index (χ3n) is 6.46. The van der Waals surface area contributed by atoms with Gasteiger partial charge in [-0.25, -0.2) is 4.98 Å². The highest BCUT2D eigenvalue weighted by Gasteiger charge is 2.25. The molecule has 0 saturated carbocycles. The molecule has 172 valence electrons. The van der Waals surface area contributed by atoms with E-state index < -0.39 is 5.97 Å². The summed E-state index contributed by atoms with van der Waals surface area (Å²) in [5.41, 5.74) is 3.47. The summed E-state index contributed by atoms with van der Waals surface area (Å²) in [6.45, 7) is 4.05. The van der Waals surface area contributed by atoms with Gasteiger partial charge in [-0.2, -0.15) is 0 Å². The number of nitrogens with one attached hydrogen (secondary N) is 1. The van der Waals surface area contributed by atoms with Crippen LogP contribution in [0.5, 0.6) is 0 Å². The van der Waals surface area contributed by atoms with Crippen LogP contribution in [0.4, 0.5) is 5.82 Å². The third kappa shape index (κ3) is 6.53. The van der Waals surface area contributed by atoms with Crippen LogP contribution < -0.4 is 5.32 Å². The Labute approximate surface area is 191 Å². The summed E-state index contributed by atoms with van der Waals surface area (Å²) in [6.07, 6.45) is 7.38. The zero-order valence-corrected chi connectivity index (χ0v) is 18.8. The quantitative estimate of drug-likeness (QED) is 0.535. The Hall–Kier alpha value is -2.44. The lowest BCUT2D eigenvalue weighted by molar-refractivity contribution is -0.142. The lowest BCUT2D eigenvalue weighted by Crippen LogP contribution is -2.40. The number of ether oxygens (including phenoxy) is 1. The van der Waals surface area contributed by atoms with Gasteiger partial charge in [0.2, 0.25) is 0 Å². The van der Waals surface area contributed by atoms with Crippen LogP contribution in [0, 0.1) is 0 Å². The minimum atomic E-state index is -0.822. The molecule has 2 aliphatic heterocycles. The second kappa shape index (κ2) is 11.4. The number of anilines is 1. The molecule has 1 aromatic carbocycles. The Kier molecular flexibility index (Phi) is 8.13. The maximum absolute atomic E-state index is 11.4. The first-order chi connectivity index (χ1) is 15.7.